The van der Waals surface area contributed by atoms with Gasteiger partial charge in [-0.1, -0.05) is 25.5 Å². The van der Waals surface area contributed by atoms with Gasteiger partial charge in [0.25, 0.3) is 0 Å². The monoisotopic (exact) mass is 369 g/mol. The minimum absolute atomic E-state index is 0.340. The van der Waals surface area contributed by atoms with Gasteiger partial charge in [0, 0.05) is 37.4 Å². The normalized spacial score (nSPS) is 27.1. The second-order valence-electron chi connectivity index (χ2n) is 7.89. The Balaban J connectivity index is 1.20. The summed E-state index contributed by atoms with van der Waals surface area (Å²) in [6.45, 7) is 5.62. The summed E-state index contributed by atoms with van der Waals surface area (Å²) in [6, 6.07) is 6.26. The van der Waals surface area contributed by atoms with E-state index in [1.165, 1.54) is 36.6 Å². The lowest BCUT2D eigenvalue weighted by atomic mass is 9.41. The van der Waals surface area contributed by atoms with Crippen LogP contribution < -0.4 is 15.2 Å². The summed E-state index contributed by atoms with van der Waals surface area (Å²) in [7, 11) is 2.11. The van der Waals surface area contributed by atoms with Gasteiger partial charge in [-0.25, -0.2) is 4.31 Å². The molecular formula is C19H24BN3O2S. The first-order valence-corrected chi connectivity index (χ1v) is 10.2. The first-order valence-electron chi connectivity index (χ1n) is 9.47. The maximum Gasteiger partial charge on any atom is 0.231 e. The van der Waals surface area contributed by atoms with E-state index in [1.807, 2.05) is 24.2 Å². The number of rotatable bonds is 4. The number of aryl methyl sites for hydroxylation is 1. The van der Waals surface area contributed by atoms with E-state index in [2.05, 4.69) is 46.1 Å². The molecule has 3 aliphatic rings. The number of imidazole rings is 1. The number of hydrogen-bond donors (Lipinski definition) is 0. The highest BCUT2D eigenvalue weighted by Crippen LogP contribution is 2.48. The fraction of sp³-hybridized carbons (Fsp3) is 0.526. The van der Waals surface area contributed by atoms with Crippen molar-refractivity contribution in [1.29, 1.82) is 0 Å². The van der Waals surface area contributed by atoms with E-state index in [4.69, 9.17) is 9.47 Å². The molecule has 5 rings (SSSR count). The largest absolute Gasteiger partial charge is 0.454 e. The van der Waals surface area contributed by atoms with Crippen molar-refractivity contribution in [2.75, 3.05) is 19.9 Å². The summed E-state index contributed by atoms with van der Waals surface area (Å²) in [6.07, 6.45) is 6.64. The van der Waals surface area contributed by atoms with Crippen LogP contribution in [0.15, 0.2) is 35.5 Å². The van der Waals surface area contributed by atoms with Crippen LogP contribution >= 0.6 is 11.9 Å². The third-order valence-corrected chi connectivity index (χ3v) is 7.33. The summed E-state index contributed by atoms with van der Waals surface area (Å²) in [4.78, 5) is 5.82. The van der Waals surface area contributed by atoms with Crippen molar-refractivity contribution in [3.05, 3.63) is 30.6 Å². The highest BCUT2D eigenvalue weighted by atomic mass is 32.2. The third kappa shape index (κ3) is 2.91. The van der Waals surface area contributed by atoms with Crippen molar-refractivity contribution in [3.63, 3.8) is 0 Å². The van der Waals surface area contributed by atoms with Crippen molar-refractivity contribution >= 4 is 24.4 Å². The Hall–Kier alpha value is -1.60. The first-order chi connectivity index (χ1) is 12.7. The zero-order valence-electron chi connectivity index (χ0n) is 15.3. The average molecular weight is 369 g/mol. The highest BCUT2D eigenvalue weighted by Gasteiger charge is 2.44. The summed E-state index contributed by atoms with van der Waals surface area (Å²) >= 11 is 1.87. The summed E-state index contributed by atoms with van der Waals surface area (Å²) in [5.41, 5.74) is 1.24. The molecule has 2 aliphatic heterocycles. The molecule has 7 heteroatoms. The van der Waals surface area contributed by atoms with Crippen LogP contribution in [0.3, 0.4) is 0 Å². The van der Waals surface area contributed by atoms with Crippen molar-refractivity contribution in [3.8, 4) is 11.5 Å². The van der Waals surface area contributed by atoms with Gasteiger partial charge < -0.3 is 14.0 Å². The van der Waals surface area contributed by atoms with E-state index in [9.17, 15) is 0 Å². The second kappa shape index (κ2) is 6.53. The first kappa shape index (κ1) is 16.6. The molecule has 1 aromatic carbocycles. The summed E-state index contributed by atoms with van der Waals surface area (Å²) in [5.74, 6) is 4.15. The number of hydrogen-bond acceptors (Lipinski definition) is 5. The Bertz CT molecular complexity index is 800. The molecule has 1 saturated carbocycles. The molecular weight excluding hydrogens is 345 g/mol. The van der Waals surface area contributed by atoms with E-state index in [1.54, 1.807) is 0 Å². The minimum atomic E-state index is 0.340. The molecule has 3 heterocycles. The molecule has 5 nitrogen and oxygen atoms in total. The Morgan fingerprint density at radius 1 is 1.15 bits per heavy atom. The van der Waals surface area contributed by atoms with Crippen LogP contribution in [-0.2, 0) is 7.05 Å². The van der Waals surface area contributed by atoms with Crippen molar-refractivity contribution < 1.29 is 9.47 Å². The van der Waals surface area contributed by atoms with Crippen LogP contribution in [0.25, 0.3) is 0 Å². The topological polar surface area (TPSA) is 39.5 Å². The van der Waals surface area contributed by atoms with Crippen molar-refractivity contribution in [2.45, 2.75) is 30.4 Å². The Morgan fingerprint density at radius 3 is 2.65 bits per heavy atom. The molecule has 26 heavy (non-hydrogen) atoms. The molecule has 0 amide bonds. The quantitative estimate of drug-likeness (QED) is 0.612. The predicted molar refractivity (Wildman–Crippen MR) is 104 cm³/mol. The lowest BCUT2D eigenvalue weighted by Crippen LogP contribution is -2.38. The number of benzene rings is 1. The van der Waals surface area contributed by atoms with E-state index in [0.717, 1.165) is 29.2 Å². The zero-order valence-corrected chi connectivity index (χ0v) is 16.1. The van der Waals surface area contributed by atoms with E-state index in [-0.39, 0.29) is 0 Å². The lowest BCUT2D eigenvalue weighted by Gasteiger charge is -2.20. The molecule has 2 fully saturated rings. The van der Waals surface area contributed by atoms with Gasteiger partial charge >= 0.3 is 0 Å². The molecule has 1 saturated heterocycles. The third-order valence-electron chi connectivity index (χ3n) is 6.31. The van der Waals surface area contributed by atoms with Gasteiger partial charge in [0.15, 0.2) is 11.5 Å². The summed E-state index contributed by atoms with van der Waals surface area (Å²) < 4.78 is 15.6. The fourth-order valence-corrected chi connectivity index (χ4v) is 6.01. The molecule has 0 bridgehead atoms. The van der Waals surface area contributed by atoms with Gasteiger partial charge in [0.05, 0.1) is 5.72 Å². The second-order valence-corrected chi connectivity index (χ2v) is 9.06. The van der Waals surface area contributed by atoms with Gasteiger partial charge in [-0.2, -0.15) is 0 Å². The molecule has 136 valence electrons. The van der Waals surface area contributed by atoms with Gasteiger partial charge in [-0.15, -0.1) is 0 Å². The number of ether oxygens (including phenoxy) is 2. The average Bonchev–Trinajstić information content (AvgIpc) is 3.36. The fourth-order valence-electron chi connectivity index (χ4n) is 4.90. The SMILES string of the molecule is CB(c1nccn1C)C1CC2CN(Sc3ccc4c(c3)OCO4)C[C@H]2C1. The van der Waals surface area contributed by atoms with Gasteiger partial charge in [0.1, 0.15) is 0 Å². The van der Waals surface area contributed by atoms with E-state index in [0.29, 0.717) is 13.5 Å². The number of aromatic nitrogens is 2. The van der Waals surface area contributed by atoms with E-state index >= 15 is 0 Å². The van der Waals surface area contributed by atoms with Gasteiger partial charge in [-0.3, -0.25) is 4.98 Å². The van der Waals surface area contributed by atoms with Gasteiger partial charge in [0.2, 0.25) is 13.5 Å². The van der Waals surface area contributed by atoms with Crippen LogP contribution in [0.5, 0.6) is 11.5 Å². The Morgan fingerprint density at radius 2 is 1.92 bits per heavy atom. The van der Waals surface area contributed by atoms with Crippen LogP contribution in [0.4, 0.5) is 0 Å². The standard InChI is InChI=1S/C19H24BN3O2S/c1-20(19-21-5-6-22(19)2)15-7-13-10-23(11-14(13)8-15)26-16-3-4-17-18(9-16)25-12-24-17/h3-6,9,13-15H,7-8,10-12H2,1-2H3/t13-,14?,15?/m1/s1. The van der Waals surface area contributed by atoms with Crippen LogP contribution in [-0.4, -0.2) is 40.5 Å². The van der Waals surface area contributed by atoms with Crippen molar-refractivity contribution in [2.24, 2.45) is 18.9 Å². The van der Waals surface area contributed by atoms with E-state index < -0.39 is 0 Å². The molecule has 2 unspecified atom stereocenters. The highest BCUT2D eigenvalue weighted by molar-refractivity contribution is 7.97. The Kier molecular flexibility index (Phi) is 4.16. The molecule has 0 N–H and O–H groups in total. The van der Waals surface area contributed by atoms with Crippen LogP contribution in [0, 0.1) is 11.8 Å². The maximum absolute atomic E-state index is 5.50. The predicted octanol–water partition coefficient (Wildman–Crippen LogP) is 2.90. The minimum Gasteiger partial charge on any atom is -0.454 e. The Labute approximate surface area is 159 Å². The molecule has 1 aromatic heterocycles. The molecule has 2 aromatic rings. The number of nitrogens with zero attached hydrogens (tertiary/aromatic N) is 3. The number of fused-ring (bicyclic) bond motifs is 2. The lowest BCUT2D eigenvalue weighted by molar-refractivity contribution is 0.174. The maximum atomic E-state index is 5.50. The molecule has 1 aliphatic carbocycles. The van der Waals surface area contributed by atoms with Gasteiger partial charge in [-0.05, 0) is 42.0 Å². The van der Waals surface area contributed by atoms with Crippen LogP contribution in [0.1, 0.15) is 12.8 Å². The zero-order chi connectivity index (χ0) is 17.7. The van der Waals surface area contributed by atoms with Crippen LogP contribution in [0.2, 0.25) is 12.6 Å². The molecule has 0 spiro atoms. The molecule has 0 radical (unpaired) electrons. The van der Waals surface area contributed by atoms with Crippen molar-refractivity contribution in [1.82, 2.24) is 13.9 Å². The smallest absolute Gasteiger partial charge is 0.231 e. The molecule has 3 atom stereocenters. The summed E-state index contributed by atoms with van der Waals surface area (Å²) in [5, 5.41) is 0.